The van der Waals surface area contributed by atoms with Crippen molar-refractivity contribution in [2.75, 3.05) is 23.4 Å². The number of hydrogen-bond donors (Lipinski definition) is 1. The van der Waals surface area contributed by atoms with Crippen LogP contribution in [0, 0.1) is 0 Å². The maximum Gasteiger partial charge on any atom is 0.358 e. The van der Waals surface area contributed by atoms with Gasteiger partial charge in [-0.2, -0.15) is 0 Å². The van der Waals surface area contributed by atoms with Crippen LogP contribution in [0.2, 0.25) is 0 Å². The van der Waals surface area contributed by atoms with Crippen LogP contribution in [-0.4, -0.2) is 36.1 Å². The molecule has 2 aromatic rings. The molecule has 3 rings (SSSR count). The highest BCUT2D eigenvalue weighted by atomic mass is 32.1. The maximum atomic E-state index is 12.9. The summed E-state index contributed by atoms with van der Waals surface area (Å²) < 4.78 is 5.27. The predicted octanol–water partition coefficient (Wildman–Crippen LogP) is 4.26. The lowest BCUT2D eigenvalue weighted by Crippen LogP contribution is -2.43. The molecule has 0 radical (unpaired) electrons. The van der Waals surface area contributed by atoms with Crippen molar-refractivity contribution in [2.45, 2.75) is 38.1 Å². The first kappa shape index (κ1) is 20.1. The Morgan fingerprint density at radius 1 is 1.25 bits per heavy atom. The van der Waals surface area contributed by atoms with E-state index in [0.29, 0.717) is 11.7 Å². The zero-order valence-corrected chi connectivity index (χ0v) is 16.6. The van der Waals surface area contributed by atoms with Crippen molar-refractivity contribution in [3.63, 3.8) is 0 Å². The number of nitrogens with one attached hydrogen (secondary N) is 1. The first-order valence-corrected chi connectivity index (χ1v) is 10.4. The average Bonchev–Trinajstić information content (AvgIpc) is 3.21. The minimum Gasteiger partial charge on any atom is -0.451 e. The van der Waals surface area contributed by atoms with E-state index in [1.165, 1.54) is 17.8 Å². The van der Waals surface area contributed by atoms with Gasteiger partial charge in [-0.3, -0.25) is 4.79 Å². The van der Waals surface area contributed by atoms with Crippen molar-refractivity contribution >= 4 is 34.0 Å². The normalized spacial score (nSPS) is 14.3. The zero-order valence-electron chi connectivity index (χ0n) is 15.8. The first-order chi connectivity index (χ1) is 13.7. The van der Waals surface area contributed by atoms with Gasteiger partial charge in [0.15, 0.2) is 17.4 Å². The molecule has 0 unspecified atom stereocenters. The Labute approximate surface area is 169 Å². The van der Waals surface area contributed by atoms with Crippen molar-refractivity contribution in [1.29, 1.82) is 0 Å². The van der Waals surface area contributed by atoms with Crippen molar-refractivity contribution in [3.8, 4) is 0 Å². The van der Waals surface area contributed by atoms with Gasteiger partial charge in [-0.25, -0.2) is 9.78 Å². The van der Waals surface area contributed by atoms with Crippen LogP contribution in [0.1, 0.15) is 42.6 Å². The number of ether oxygens (including phenoxy) is 1. The van der Waals surface area contributed by atoms with E-state index < -0.39 is 5.97 Å². The van der Waals surface area contributed by atoms with E-state index in [2.05, 4.69) is 16.9 Å². The average molecular weight is 400 g/mol. The number of esters is 1. The molecule has 1 heterocycles. The number of nitrogens with zero attached hydrogens (tertiary/aromatic N) is 2. The number of benzene rings is 1. The van der Waals surface area contributed by atoms with Gasteiger partial charge in [-0.15, -0.1) is 17.9 Å². The fourth-order valence-electron chi connectivity index (χ4n) is 3.37. The molecule has 28 heavy (non-hydrogen) atoms. The van der Waals surface area contributed by atoms with Crippen LogP contribution >= 0.6 is 11.3 Å². The number of amides is 1. The van der Waals surface area contributed by atoms with Gasteiger partial charge in [0, 0.05) is 23.7 Å². The van der Waals surface area contributed by atoms with Crippen LogP contribution in [0.15, 0.2) is 48.4 Å². The summed E-state index contributed by atoms with van der Waals surface area (Å²) in [6, 6.07) is 9.75. The summed E-state index contributed by atoms with van der Waals surface area (Å²) in [5.74, 6) is -0.792. The second kappa shape index (κ2) is 10.0. The molecular formula is C21H25N3O3S. The van der Waals surface area contributed by atoms with E-state index in [9.17, 15) is 9.59 Å². The van der Waals surface area contributed by atoms with Gasteiger partial charge in [0.05, 0.1) is 0 Å². The van der Waals surface area contributed by atoms with Crippen LogP contribution in [0.25, 0.3) is 0 Å². The zero-order chi connectivity index (χ0) is 19.8. The maximum absolute atomic E-state index is 12.9. The van der Waals surface area contributed by atoms with Gasteiger partial charge in [0.1, 0.15) is 0 Å². The Bertz CT molecular complexity index is 800. The number of para-hydroxylation sites is 1. The number of hydrogen-bond acceptors (Lipinski definition) is 6. The topological polar surface area (TPSA) is 71.5 Å². The number of anilines is 2. The molecular weight excluding hydrogens is 374 g/mol. The second-order valence-corrected chi connectivity index (χ2v) is 7.53. The molecule has 1 fully saturated rings. The molecule has 1 aliphatic rings. The Balaban J connectivity index is 1.63. The van der Waals surface area contributed by atoms with E-state index in [1.54, 1.807) is 16.4 Å². The molecule has 0 saturated heterocycles. The molecule has 1 aliphatic carbocycles. The van der Waals surface area contributed by atoms with Gasteiger partial charge in [0.2, 0.25) is 0 Å². The molecule has 0 atom stereocenters. The molecule has 1 aromatic carbocycles. The number of aromatic nitrogens is 1. The van der Waals surface area contributed by atoms with Crippen LogP contribution in [0.4, 0.5) is 10.8 Å². The van der Waals surface area contributed by atoms with Crippen molar-refractivity contribution in [3.05, 3.63) is 54.1 Å². The Morgan fingerprint density at radius 2 is 2.00 bits per heavy atom. The number of thiazole rings is 1. The lowest BCUT2D eigenvalue weighted by atomic mass is 9.93. The van der Waals surface area contributed by atoms with Crippen molar-refractivity contribution in [2.24, 2.45) is 0 Å². The SMILES string of the molecule is C=CCNc1nc(C(=O)OCC(=O)N(c2ccccc2)C2CCCCC2)cs1. The lowest BCUT2D eigenvalue weighted by Gasteiger charge is -2.34. The van der Waals surface area contributed by atoms with Gasteiger partial charge < -0.3 is 15.0 Å². The Hall–Kier alpha value is -2.67. The van der Waals surface area contributed by atoms with E-state index in [4.69, 9.17) is 4.74 Å². The van der Waals surface area contributed by atoms with Gasteiger partial charge >= 0.3 is 5.97 Å². The summed E-state index contributed by atoms with van der Waals surface area (Å²) in [5.41, 5.74) is 1.05. The summed E-state index contributed by atoms with van der Waals surface area (Å²) in [5, 5.41) is 5.26. The Kier molecular flexibility index (Phi) is 7.19. The smallest absolute Gasteiger partial charge is 0.358 e. The molecule has 1 N–H and O–H groups in total. The third kappa shape index (κ3) is 5.19. The molecule has 7 heteroatoms. The van der Waals surface area contributed by atoms with E-state index in [-0.39, 0.29) is 24.2 Å². The van der Waals surface area contributed by atoms with E-state index >= 15 is 0 Å². The second-order valence-electron chi connectivity index (χ2n) is 6.67. The molecule has 1 aromatic heterocycles. The summed E-state index contributed by atoms with van der Waals surface area (Å²) >= 11 is 1.31. The summed E-state index contributed by atoms with van der Waals surface area (Å²) in [6.45, 7) is 3.90. The van der Waals surface area contributed by atoms with E-state index in [0.717, 1.165) is 31.4 Å². The fourth-order valence-corrected chi connectivity index (χ4v) is 4.06. The molecule has 0 aliphatic heterocycles. The van der Waals surface area contributed by atoms with Crippen LogP contribution in [0.3, 0.4) is 0 Å². The third-order valence-corrected chi connectivity index (χ3v) is 5.48. The number of carbonyl (C=O) groups excluding carboxylic acids is 2. The summed E-state index contributed by atoms with van der Waals surface area (Å²) in [4.78, 5) is 31.2. The quantitative estimate of drug-likeness (QED) is 0.530. The highest BCUT2D eigenvalue weighted by molar-refractivity contribution is 7.13. The predicted molar refractivity (Wildman–Crippen MR) is 112 cm³/mol. The molecule has 0 bridgehead atoms. The standard InChI is InChI=1S/C21H25N3O3S/c1-2-13-22-21-23-18(15-28-21)20(26)27-14-19(25)24(16-9-5-3-6-10-16)17-11-7-4-8-12-17/h2-3,5-6,9-10,15,17H,1,4,7-8,11-14H2,(H,22,23). The van der Waals surface area contributed by atoms with E-state index in [1.807, 2.05) is 30.3 Å². The summed E-state index contributed by atoms with van der Waals surface area (Å²) in [7, 11) is 0. The van der Waals surface area contributed by atoms with Crippen molar-refractivity contribution < 1.29 is 14.3 Å². The largest absolute Gasteiger partial charge is 0.451 e. The van der Waals surface area contributed by atoms with Crippen molar-refractivity contribution in [1.82, 2.24) is 4.98 Å². The van der Waals surface area contributed by atoms with Gasteiger partial charge in [-0.05, 0) is 25.0 Å². The fraction of sp³-hybridized carbons (Fsp3) is 0.381. The summed E-state index contributed by atoms with van der Waals surface area (Å²) in [6.07, 6.45) is 7.08. The highest BCUT2D eigenvalue weighted by Gasteiger charge is 2.27. The van der Waals surface area contributed by atoms with Gasteiger partial charge in [0.25, 0.3) is 5.91 Å². The van der Waals surface area contributed by atoms with Crippen LogP contribution < -0.4 is 10.2 Å². The first-order valence-electron chi connectivity index (χ1n) is 9.53. The minimum atomic E-state index is -0.590. The lowest BCUT2D eigenvalue weighted by molar-refractivity contribution is -0.122. The number of rotatable bonds is 8. The monoisotopic (exact) mass is 399 g/mol. The minimum absolute atomic E-state index is 0.149. The Morgan fingerprint density at radius 3 is 2.71 bits per heavy atom. The molecule has 148 valence electrons. The molecule has 6 nitrogen and oxygen atoms in total. The third-order valence-electron chi connectivity index (χ3n) is 4.68. The van der Waals surface area contributed by atoms with Gasteiger partial charge in [-0.1, -0.05) is 43.5 Å². The molecule has 0 spiro atoms. The highest BCUT2D eigenvalue weighted by Crippen LogP contribution is 2.27. The van der Waals surface area contributed by atoms with Crippen LogP contribution in [-0.2, 0) is 9.53 Å². The van der Waals surface area contributed by atoms with Crippen LogP contribution in [0.5, 0.6) is 0 Å². The number of carbonyl (C=O) groups is 2. The molecule has 1 saturated carbocycles. The molecule has 1 amide bonds.